The lowest BCUT2D eigenvalue weighted by atomic mass is 9.90. The molecule has 6 nitrogen and oxygen atoms in total. The number of benzene rings is 2. The second-order valence-corrected chi connectivity index (χ2v) is 10.4. The molecule has 2 aliphatic rings. The van der Waals surface area contributed by atoms with Crippen LogP contribution < -0.4 is 4.72 Å². The van der Waals surface area contributed by atoms with E-state index in [-0.39, 0.29) is 24.3 Å². The number of ether oxygens (including phenoxy) is 1. The molecule has 2 aromatic carbocycles. The van der Waals surface area contributed by atoms with Gasteiger partial charge in [-0.15, -0.1) is 0 Å². The Morgan fingerprint density at radius 3 is 2.45 bits per heavy atom. The van der Waals surface area contributed by atoms with E-state index in [9.17, 15) is 13.2 Å². The van der Waals surface area contributed by atoms with Crippen LogP contribution in [0.3, 0.4) is 0 Å². The van der Waals surface area contributed by atoms with Gasteiger partial charge in [0.05, 0.1) is 12.3 Å². The molecule has 1 N–H and O–H groups in total. The van der Waals surface area contributed by atoms with Gasteiger partial charge in [0.25, 0.3) is 0 Å². The average Bonchev–Trinajstić information content (AvgIpc) is 2.71. The third kappa shape index (κ3) is 5.66. The van der Waals surface area contributed by atoms with Crippen LogP contribution in [0.5, 0.6) is 0 Å². The van der Waals surface area contributed by atoms with Crippen molar-refractivity contribution in [2.45, 2.75) is 56.7 Å². The summed E-state index contributed by atoms with van der Waals surface area (Å²) in [6.07, 6.45) is 5.76. The lowest BCUT2D eigenvalue weighted by Crippen LogP contribution is -2.58. The fourth-order valence-electron chi connectivity index (χ4n) is 4.40. The highest BCUT2D eigenvalue weighted by molar-refractivity contribution is 7.88. The molecule has 31 heavy (non-hydrogen) atoms. The minimum Gasteiger partial charge on any atom is -0.446 e. The summed E-state index contributed by atoms with van der Waals surface area (Å²) in [6, 6.07) is 17.7. The molecule has 1 amide bonds. The van der Waals surface area contributed by atoms with E-state index < -0.39 is 10.0 Å². The molecule has 0 radical (unpaired) electrons. The third-order valence-corrected chi connectivity index (χ3v) is 6.91. The Kier molecular flexibility index (Phi) is 6.62. The fraction of sp³-hybridized carbons (Fsp3) is 0.458. The van der Waals surface area contributed by atoms with Gasteiger partial charge in [0.15, 0.2) is 0 Å². The Hall–Kier alpha value is -2.38. The predicted molar refractivity (Wildman–Crippen MR) is 121 cm³/mol. The zero-order valence-corrected chi connectivity index (χ0v) is 18.7. The van der Waals surface area contributed by atoms with Crippen LogP contribution in [0.4, 0.5) is 4.79 Å². The van der Waals surface area contributed by atoms with E-state index in [0.717, 1.165) is 42.4 Å². The van der Waals surface area contributed by atoms with Crippen molar-refractivity contribution in [1.29, 1.82) is 0 Å². The Morgan fingerprint density at radius 1 is 1.03 bits per heavy atom. The van der Waals surface area contributed by atoms with Gasteiger partial charge in [-0.05, 0) is 55.2 Å². The number of amides is 1. The highest BCUT2D eigenvalue weighted by Crippen LogP contribution is 2.28. The van der Waals surface area contributed by atoms with Gasteiger partial charge in [0.2, 0.25) is 10.0 Å². The van der Waals surface area contributed by atoms with Crippen molar-refractivity contribution in [3.05, 3.63) is 60.2 Å². The van der Waals surface area contributed by atoms with E-state index in [1.165, 1.54) is 6.26 Å². The molecule has 2 atom stereocenters. The standard InChI is InChI=1S/C24H30N2O4S/c1-31(28,29)25-22-14-7-15-26(24(27)30-21-12-6-13-21)23(22)17-18-8-5-11-20(16-18)19-9-3-2-4-10-19/h2-5,8-11,16,21-23,25H,6-7,12-15,17H2,1H3/t22-,23-/m0/s1. The molecule has 1 saturated carbocycles. The summed E-state index contributed by atoms with van der Waals surface area (Å²) in [5.74, 6) is 0. The van der Waals surface area contributed by atoms with E-state index in [1.807, 2.05) is 30.3 Å². The zero-order valence-electron chi connectivity index (χ0n) is 17.9. The SMILES string of the molecule is CS(=O)(=O)N[C@H]1CCCN(C(=O)OC2CCC2)[C@H]1Cc1cccc(-c2ccccc2)c1. The smallest absolute Gasteiger partial charge is 0.410 e. The average molecular weight is 443 g/mol. The van der Waals surface area contributed by atoms with Gasteiger partial charge in [-0.2, -0.15) is 0 Å². The number of hydrogen-bond acceptors (Lipinski definition) is 4. The number of carbonyl (C=O) groups excluding carboxylic acids is 1. The normalized spacial score (nSPS) is 22.0. The second-order valence-electron chi connectivity index (χ2n) is 8.61. The van der Waals surface area contributed by atoms with Crippen molar-refractivity contribution in [3.8, 4) is 11.1 Å². The van der Waals surface area contributed by atoms with Crippen molar-refractivity contribution in [2.75, 3.05) is 12.8 Å². The number of sulfonamides is 1. The molecule has 1 saturated heterocycles. The van der Waals surface area contributed by atoms with Crippen molar-refractivity contribution in [3.63, 3.8) is 0 Å². The fourth-order valence-corrected chi connectivity index (χ4v) is 5.22. The minimum absolute atomic E-state index is 0.00204. The van der Waals surface area contributed by atoms with Gasteiger partial charge in [-0.1, -0.05) is 54.6 Å². The van der Waals surface area contributed by atoms with Crippen LogP contribution in [0.2, 0.25) is 0 Å². The molecule has 1 aliphatic carbocycles. The maximum atomic E-state index is 12.9. The van der Waals surface area contributed by atoms with Crippen molar-refractivity contribution >= 4 is 16.1 Å². The maximum Gasteiger partial charge on any atom is 0.410 e. The van der Waals surface area contributed by atoms with Crippen LogP contribution in [0.15, 0.2) is 54.6 Å². The van der Waals surface area contributed by atoms with Gasteiger partial charge >= 0.3 is 6.09 Å². The quantitative estimate of drug-likeness (QED) is 0.735. The summed E-state index contributed by atoms with van der Waals surface area (Å²) in [7, 11) is -3.39. The number of carbonyl (C=O) groups is 1. The van der Waals surface area contributed by atoms with Crippen LogP contribution in [-0.4, -0.2) is 50.4 Å². The molecule has 2 fully saturated rings. The summed E-state index contributed by atoms with van der Waals surface area (Å²) in [4.78, 5) is 14.7. The van der Waals surface area contributed by atoms with E-state index in [1.54, 1.807) is 4.90 Å². The summed E-state index contributed by atoms with van der Waals surface area (Å²) < 4.78 is 32.4. The second kappa shape index (κ2) is 9.40. The Labute approximate surface area is 184 Å². The first-order valence-corrected chi connectivity index (χ1v) is 12.9. The molecule has 4 rings (SSSR count). The van der Waals surface area contributed by atoms with E-state index in [4.69, 9.17) is 4.74 Å². The summed E-state index contributed by atoms with van der Waals surface area (Å²) in [5.41, 5.74) is 3.29. The summed E-state index contributed by atoms with van der Waals surface area (Å²) in [6.45, 7) is 0.580. The maximum absolute atomic E-state index is 12.9. The van der Waals surface area contributed by atoms with Gasteiger partial charge in [0.1, 0.15) is 6.10 Å². The molecule has 1 heterocycles. The molecule has 7 heteroatoms. The van der Waals surface area contributed by atoms with Crippen molar-refractivity contribution < 1.29 is 17.9 Å². The lowest BCUT2D eigenvalue weighted by Gasteiger charge is -2.42. The molecule has 0 unspecified atom stereocenters. The van der Waals surface area contributed by atoms with Crippen LogP contribution >= 0.6 is 0 Å². The summed E-state index contributed by atoms with van der Waals surface area (Å²) in [5, 5.41) is 0. The molecule has 1 aliphatic heterocycles. The largest absolute Gasteiger partial charge is 0.446 e. The van der Waals surface area contributed by atoms with Crippen LogP contribution in [-0.2, 0) is 21.2 Å². The van der Waals surface area contributed by atoms with Crippen molar-refractivity contribution in [2.24, 2.45) is 0 Å². The van der Waals surface area contributed by atoms with E-state index >= 15 is 0 Å². The monoisotopic (exact) mass is 442 g/mol. The Bertz CT molecular complexity index is 1010. The van der Waals surface area contributed by atoms with E-state index in [0.29, 0.717) is 19.4 Å². The highest BCUT2D eigenvalue weighted by Gasteiger charge is 2.38. The number of rotatable bonds is 6. The zero-order chi connectivity index (χ0) is 21.8. The van der Waals surface area contributed by atoms with Crippen LogP contribution in [0.1, 0.15) is 37.7 Å². The first-order valence-electron chi connectivity index (χ1n) is 11.0. The Balaban J connectivity index is 1.58. The number of hydrogen-bond donors (Lipinski definition) is 1. The van der Waals surface area contributed by atoms with Gasteiger partial charge in [-0.25, -0.2) is 17.9 Å². The first kappa shape index (κ1) is 21.8. The molecule has 166 valence electrons. The van der Waals surface area contributed by atoms with Gasteiger partial charge in [0, 0.05) is 12.6 Å². The van der Waals surface area contributed by atoms with Crippen molar-refractivity contribution in [1.82, 2.24) is 9.62 Å². The van der Waals surface area contributed by atoms with Gasteiger partial charge in [-0.3, -0.25) is 0 Å². The van der Waals surface area contributed by atoms with Crippen LogP contribution in [0.25, 0.3) is 11.1 Å². The number of nitrogens with zero attached hydrogens (tertiary/aromatic N) is 1. The first-order chi connectivity index (χ1) is 14.9. The predicted octanol–water partition coefficient (Wildman–Crippen LogP) is 3.97. The number of nitrogens with one attached hydrogen (secondary N) is 1. The molecule has 2 aromatic rings. The minimum atomic E-state index is -3.39. The third-order valence-electron chi connectivity index (χ3n) is 6.18. The summed E-state index contributed by atoms with van der Waals surface area (Å²) >= 11 is 0. The Morgan fingerprint density at radius 2 is 1.77 bits per heavy atom. The molecule has 0 spiro atoms. The van der Waals surface area contributed by atoms with Crippen LogP contribution in [0, 0.1) is 0 Å². The molecular weight excluding hydrogens is 412 g/mol. The number of piperidine rings is 1. The molecule has 0 aromatic heterocycles. The van der Waals surface area contributed by atoms with E-state index in [2.05, 4.69) is 29.0 Å². The molecule has 0 bridgehead atoms. The molecular formula is C24H30N2O4S. The lowest BCUT2D eigenvalue weighted by molar-refractivity contribution is 0.00855. The topological polar surface area (TPSA) is 75.7 Å². The number of likely N-dealkylation sites (tertiary alicyclic amines) is 1. The highest BCUT2D eigenvalue weighted by atomic mass is 32.2. The van der Waals surface area contributed by atoms with Gasteiger partial charge < -0.3 is 9.64 Å².